The van der Waals surface area contributed by atoms with Gasteiger partial charge >= 0.3 is 0 Å². The molecule has 2 aromatic heterocycles. The molecule has 0 spiro atoms. The summed E-state index contributed by atoms with van der Waals surface area (Å²) >= 11 is 0. The number of nitrogens with zero attached hydrogens (tertiary/aromatic N) is 4. The number of rotatable bonds is 3. The summed E-state index contributed by atoms with van der Waals surface area (Å²) in [6.07, 6.45) is 4.83. The van der Waals surface area contributed by atoms with E-state index in [1.807, 2.05) is 19.2 Å². The Morgan fingerprint density at radius 1 is 1.52 bits per heavy atom. The van der Waals surface area contributed by atoms with Crippen LogP contribution in [0.15, 0.2) is 23.3 Å². The monoisotopic (exact) mass is 338 g/mol. The van der Waals surface area contributed by atoms with Gasteiger partial charge in [0.2, 0.25) is 0 Å². The van der Waals surface area contributed by atoms with Crippen molar-refractivity contribution < 1.29 is 4.74 Å². The second-order valence-electron chi connectivity index (χ2n) is 6.51. The average Bonchev–Trinajstić information content (AvgIpc) is 3.28. The normalized spacial score (nSPS) is 20.6. The third-order valence-electron chi connectivity index (χ3n) is 4.86. The molecule has 7 nitrogen and oxygen atoms in total. The van der Waals surface area contributed by atoms with Gasteiger partial charge in [-0.05, 0) is 31.4 Å². The van der Waals surface area contributed by atoms with E-state index in [9.17, 15) is 0 Å². The van der Waals surface area contributed by atoms with Crippen molar-refractivity contribution >= 4 is 12.2 Å². The van der Waals surface area contributed by atoms with Gasteiger partial charge in [0.25, 0.3) is 0 Å². The van der Waals surface area contributed by atoms with E-state index in [4.69, 9.17) is 15.1 Å². The quantitative estimate of drug-likeness (QED) is 0.662. The van der Waals surface area contributed by atoms with Crippen LogP contribution in [0, 0.1) is 12.3 Å². The number of imidazole rings is 1. The molecule has 1 saturated heterocycles. The molecule has 4 heterocycles. The molecule has 2 aromatic rings. The van der Waals surface area contributed by atoms with Crippen LogP contribution in [0.3, 0.4) is 0 Å². The molecule has 4 rings (SSSR count). The van der Waals surface area contributed by atoms with Crippen molar-refractivity contribution in [2.24, 2.45) is 4.99 Å². The van der Waals surface area contributed by atoms with E-state index in [0.29, 0.717) is 19.1 Å². The number of amidine groups is 1. The fraction of sp³-hybridized carbons (Fsp3) is 0.444. The molecule has 130 valence electrons. The molecule has 0 unspecified atom stereocenters. The van der Waals surface area contributed by atoms with E-state index in [2.05, 4.69) is 25.9 Å². The standard InChI is InChI=1S/C18H22N6O/c1-12-22-16(14-5-8-25-10-14)17(23-12)18(21-11-19)24-7-4-13-3-2-6-20-15(13)9-24/h2-3,6,11,14,19H,4-5,7-10H2,1H3,(H,22,23)/t14-/m1/s1. The molecular formula is C18H22N6O. The molecule has 0 aliphatic carbocycles. The van der Waals surface area contributed by atoms with Gasteiger partial charge in [-0.15, -0.1) is 0 Å². The lowest BCUT2D eigenvalue weighted by Crippen LogP contribution is -2.38. The van der Waals surface area contributed by atoms with Crippen LogP contribution in [0.5, 0.6) is 0 Å². The number of nitrogens with one attached hydrogen (secondary N) is 2. The zero-order chi connectivity index (χ0) is 17.2. The topological polar surface area (TPSA) is 90.2 Å². The van der Waals surface area contributed by atoms with E-state index in [1.54, 1.807) is 0 Å². The van der Waals surface area contributed by atoms with Crippen LogP contribution in [0.2, 0.25) is 0 Å². The highest BCUT2D eigenvalue weighted by molar-refractivity contribution is 6.01. The number of aromatic nitrogens is 3. The van der Waals surface area contributed by atoms with Crippen molar-refractivity contribution in [3.05, 3.63) is 46.8 Å². The van der Waals surface area contributed by atoms with Crippen molar-refractivity contribution in [1.29, 1.82) is 5.41 Å². The van der Waals surface area contributed by atoms with Crippen LogP contribution in [0.4, 0.5) is 0 Å². The maximum absolute atomic E-state index is 7.52. The first-order valence-corrected chi connectivity index (χ1v) is 8.65. The number of aromatic amines is 1. The second-order valence-corrected chi connectivity index (χ2v) is 6.51. The van der Waals surface area contributed by atoms with E-state index in [0.717, 1.165) is 61.1 Å². The lowest BCUT2D eigenvalue weighted by Gasteiger charge is -2.30. The van der Waals surface area contributed by atoms with Gasteiger partial charge in [-0.3, -0.25) is 10.4 Å². The predicted molar refractivity (Wildman–Crippen MR) is 95.2 cm³/mol. The number of hydrogen-bond donors (Lipinski definition) is 2. The maximum Gasteiger partial charge on any atom is 0.158 e. The van der Waals surface area contributed by atoms with E-state index in [1.165, 1.54) is 5.56 Å². The first-order valence-electron chi connectivity index (χ1n) is 8.65. The molecule has 0 aromatic carbocycles. The Kier molecular flexibility index (Phi) is 4.31. The molecule has 7 heteroatoms. The highest BCUT2D eigenvalue weighted by atomic mass is 16.5. The van der Waals surface area contributed by atoms with E-state index >= 15 is 0 Å². The Morgan fingerprint density at radius 3 is 3.24 bits per heavy atom. The Labute approximate surface area is 146 Å². The van der Waals surface area contributed by atoms with Crippen LogP contribution in [-0.2, 0) is 17.7 Å². The highest BCUT2D eigenvalue weighted by Crippen LogP contribution is 2.28. The smallest absolute Gasteiger partial charge is 0.158 e. The number of aryl methyl sites for hydroxylation is 1. The Balaban J connectivity index is 1.69. The van der Waals surface area contributed by atoms with E-state index < -0.39 is 0 Å². The maximum atomic E-state index is 7.52. The molecule has 0 radical (unpaired) electrons. The molecular weight excluding hydrogens is 316 g/mol. The van der Waals surface area contributed by atoms with Gasteiger partial charge in [0, 0.05) is 25.3 Å². The van der Waals surface area contributed by atoms with Crippen LogP contribution >= 0.6 is 0 Å². The summed E-state index contributed by atoms with van der Waals surface area (Å²) in [6, 6.07) is 4.11. The molecule has 0 amide bonds. The molecule has 25 heavy (non-hydrogen) atoms. The Hall–Kier alpha value is -2.54. The van der Waals surface area contributed by atoms with Gasteiger partial charge in [0.1, 0.15) is 17.9 Å². The average molecular weight is 338 g/mol. The summed E-state index contributed by atoms with van der Waals surface area (Å²) < 4.78 is 5.55. The fourth-order valence-electron chi connectivity index (χ4n) is 3.63. The summed E-state index contributed by atoms with van der Waals surface area (Å²) in [5.74, 6) is 1.92. The minimum absolute atomic E-state index is 0.308. The van der Waals surface area contributed by atoms with Crippen LogP contribution in [0.25, 0.3) is 0 Å². The number of aliphatic imine (C=N–C) groups is 1. The van der Waals surface area contributed by atoms with Gasteiger partial charge in [0.05, 0.1) is 24.5 Å². The third-order valence-corrected chi connectivity index (χ3v) is 4.86. The number of hydrogen-bond acceptors (Lipinski definition) is 4. The first-order chi connectivity index (χ1) is 12.3. The predicted octanol–water partition coefficient (Wildman–Crippen LogP) is 2.03. The zero-order valence-corrected chi connectivity index (χ0v) is 14.3. The summed E-state index contributed by atoms with van der Waals surface area (Å²) in [6.45, 7) is 4.97. The van der Waals surface area contributed by atoms with Crippen molar-refractivity contribution in [3.8, 4) is 0 Å². The summed E-state index contributed by atoms with van der Waals surface area (Å²) in [5, 5.41) is 7.52. The SMILES string of the molecule is Cc1nc(C(=NC=N)N2CCc3cccnc3C2)c([C@@H]2CCOC2)[nH]1. The van der Waals surface area contributed by atoms with Gasteiger partial charge in [-0.1, -0.05) is 6.07 Å². The number of pyridine rings is 1. The minimum atomic E-state index is 0.308. The lowest BCUT2D eigenvalue weighted by atomic mass is 10.0. The molecule has 1 fully saturated rings. The van der Waals surface area contributed by atoms with Crippen LogP contribution < -0.4 is 0 Å². The summed E-state index contributed by atoms with van der Waals surface area (Å²) in [7, 11) is 0. The molecule has 1 atom stereocenters. The molecule has 0 bridgehead atoms. The largest absolute Gasteiger partial charge is 0.381 e. The minimum Gasteiger partial charge on any atom is -0.381 e. The first kappa shape index (κ1) is 16.0. The highest BCUT2D eigenvalue weighted by Gasteiger charge is 2.29. The number of H-pyrrole nitrogens is 1. The van der Waals surface area contributed by atoms with Crippen molar-refractivity contribution in [3.63, 3.8) is 0 Å². The van der Waals surface area contributed by atoms with Crippen molar-refractivity contribution in [2.45, 2.75) is 32.2 Å². The second kappa shape index (κ2) is 6.76. The Morgan fingerprint density at radius 2 is 2.44 bits per heavy atom. The van der Waals surface area contributed by atoms with Gasteiger partial charge < -0.3 is 14.6 Å². The zero-order valence-electron chi connectivity index (χ0n) is 14.3. The van der Waals surface area contributed by atoms with Crippen molar-refractivity contribution in [2.75, 3.05) is 19.8 Å². The molecule has 0 saturated carbocycles. The number of fused-ring (bicyclic) bond motifs is 1. The van der Waals surface area contributed by atoms with Gasteiger partial charge in [0.15, 0.2) is 5.84 Å². The van der Waals surface area contributed by atoms with Crippen LogP contribution in [0.1, 0.15) is 40.8 Å². The van der Waals surface area contributed by atoms with Gasteiger partial charge in [-0.2, -0.15) is 0 Å². The third kappa shape index (κ3) is 3.07. The molecule has 2 aliphatic heterocycles. The van der Waals surface area contributed by atoms with Gasteiger partial charge in [-0.25, -0.2) is 9.98 Å². The lowest BCUT2D eigenvalue weighted by molar-refractivity contribution is 0.193. The summed E-state index contributed by atoms with van der Waals surface area (Å²) in [4.78, 5) is 19.1. The van der Waals surface area contributed by atoms with E-state index in [-0.39, 0.29) is 0 Å². The summed E-state index contributed by atoms with van der Waals surface area (Å²) in [5.41, 5.74) is 4.28. The molecule has 2 N–H and O–H groups in total. The number of ether oxygens (including phenoxy) is 1. The Bertz CT molecular complexity index is 806. The fourth-order valence-corrected chi connectivity index (χ4v) is 3.63. The molecule has 2 aliphatic rings. The van der Waals surface area contributed by atoms with Crippen molar-refractivity contribution in [1.82, 2.24) is 19.9 Å². The van der Waals surface area contributed by atoms with Crippen LogP contribution in [-0.4, -0.2) is 51.8 Å².